The Balaban J connectivity index is 1.83. The fourth-order valence-electron chi connectivity index (χ4n) is 5.20. The monoisotopic (exact) mass is 691 g/mol. The van der Waals surface area contributed by atoms with Gasteiger partial charge in [0, 0.05) is 76.1 Å². The summed E-state index contributed by atoms with van der Waals surface area (Å²) in [6, 6.07) is 17.8. The molecule has 2 heterocycles. The van der Waals surface area contributed by atoms with Crippen LogP contribution in [0, 0.1) is 10.8 Å². The normalized spacial score (nSPS) is 11.3. The van der Waals surface area contributed by atoms with E-state index in [9.17, 15) is 9.59 Å². The number of amides is 1. The molecule has 11 heteroatoms. The Bertz CT molecular complexity index is 1540. The number of carboxylic acids is 1. The van der Waals surface area contributed by atoms with Gasteiger partial charge in [-0.1, -0.05) is 55.7 Å². The molecule has 4 N–H and O–H groups in total. The Hall–Kier alpha value is -5.52. The molecule has 0 bridgehead atoms. The second-order valence-corrected chi connectivity index (χ2v) is 12.0. The van der Waals surface area contributed by atoms with Crippen molar-refractivity contribution >= 4 is 23.3 Å². The number of aliphatic carboxylic acids is 1. The number of nitrogens with zero attached hydrogens (tertiary/aromatic N) is 4. The molecule has 0 fully saturated rings. The largest absolute Gasteiger partial charge is 0.494 e. The predicted octanol–water partition coefficient (Wildman–Crippen LogP) is 6.14. The Kier molecular flexibility index (Phi) is 18.0. The molecule has 0 aliphatic carbocycles. The van der Waals surface area contributed by atoms with Gasteiger partial charge in [-0.15, -0.1) is 0 Å². The maximum atomic E-state index is 11.9. The molecule has 2 aromatic heterocycles. The van der Waals surface area contributed by atoms with Crippen LogP contribution in [-0.4, -0.2) is 74.4 Å². The van der Waals surface area contributed by atoms with Crippen LogP contribution in [0.4, 0.5) is 0 Å². The summed E-state index contributed by atoms with van der Waals surface area (Å²) < 4.78 is 6.26. The van der Waals surface area contributed by atoms with E-state index in [2.05, 4.69) is 44.3 Å². The van der Waals surface area contributed by atoms with Crippen molar-refractivity contribution in [2.75, 3.05) is 26.2 Å². The number of carboxylic acid groups (broad SMARTS) is 1. The molecule has 0 spiro atoms. The van der Waals surface area contributed by atoms with E-state index in [0.717, 1.165) is 22.5 Å². The molecular weight excluding hydrogens is 642 g/mol. The number of carbonyl (C=O) groups is 2. The molecule has 3 rings (SSSR count). The Morgan fingerprint density at radius 3 is 1.80 bits per heavy atom. The Labute approximate surface area is 301 Å². The van der Waals surface area contributed by atoms with Gasteiger partial charge in [0.15, 0.2) is 0 Å². The maximum absolute atomic E-state index is 11.9. The summed E-state index contributed by atoms with van der Waals surface area (Å²) in [5.41, 5.74) is 4.69. The van der Waals surface area contributed by atoms with Crippen molar-refractivity contribution < 1.29 is 19.4 Å². The van der Waals surface area contributed by atoms with Crippen molar-refractivity contribution in [1.29, 1.82) is 10.8 Å². The van der Waals surface area contributed by atoms with Gasteiger partial charge in [0.25, 0.3) is 0 Å². The van der Waals surface area contributed by atoms with Gasteiger partial charge in [-0.3, -0.25) is 29.4 Å². The number of hydrogen-bond acceptors (Lipinski definition) is 9. The summed E-state index contributed by atoms with van der Waals surface area (Å²) in [7, 11) is 0. The summed E-state index contributed by atoms with van der Waals surface area (Å²) in [4.78, 5) is 35.9. The minimum Gasteiger partial charge on any atom is -0.494 e. The number of ether oxygens (including phenoxy) is 1. The number of carbonyl (C=O) groups excluding carboxylic acids is 1. The Morgan fingerprint density at radius 2 is 1.33 bits per heavy atom. The third kappa shape index (κ3) is 17.1. The van der Waals surface area contributed by atoms with Crippen LogP contribution >= 0.6 is 0 Å². The second-order valence-electron chi connectivity index (χ2n) is 12.0. The van der Waals surface area contributed by atoms with Crippen LogP contribution in [0.3, 0.4) is 0 Å². The first-order valence-corrected chi connectivity index (χ1v) is 17.0. The lowest BCUT2D eigenvalue weighted by Crippen LogP contribution is -2.29. The molecular formula is C40H49N7O4. The topological polar surface area (TPSA) is 156 Å². The molecule has 1 amide bonds. The highest BCUT2D eigenvalue weighted by Crippen LogP contribution is 2.22. The lowest BCUT2D eigenvalue weighted by molar-refractivity contribution is -0.138. The molecule has 0 radical (unpaired) electrons. The van der Waals surface area contributed by atoms with Crippen LogP contribution in [0.1, 0.15) is 48.2 Å². The van der Waals surface area contributed by atoms with Gasteiger partial charge in [-0.2, -0.15) is 0 Å². The van der Waals surface area contributed by atoms with Crippen molar-refractivity contribution in [2.45, 2.75) is 51.9 Å². The molecule has 268 valence electrons. The number of nitrogens with one attached hydrogen (secondary N) is 3. The molecule has 51 heavy (non-hydrogen) atoms. The van der Waals surface area contributed by atoms with Crippen molar-refractivity contribution in [3.05, 3.63) is 139 Å². The third-order valence-electron chi connectivity index (χ3n) is 7.44. The summed E-state index contributed by atoms with van der Waals surface area (Å²) in [5.74, 6) is -0.570. The van der Waals surface area contributed by atoms with E-state index >= 15 is 0 Å². The molecule has 3 aromatic rings. The van der Waals surface area contributed by atoms with Crippen molar-refractivity contribution in [3.8, 4) is 5.75 Å². The van der Waals surface area contributed by atoms with Crippen LogP contribution < -0.4 is 10.1 Å². The zero-order chi connectivity index (χ0) is 36.7. The average molecular weight is 692 g/mol. The number of hydrogen-bond donors (Lipinski definition) is 4. The number of pyridine rings is 2. The van der Waals surface area contributed by atoms with Gasteiger partial charge in [0.05, 0.1) is 24.4 Å². The van der Waals surface area contributed by atoms with Gasteiger partial charge in [0.2, 0.25) is 5.91 Å². The fraction of sp³-hybridized carbons (Fsp3) is 0.300. The third-order valence-corrected chi connectivity index (χ3v) is 7.44. The Morgan fingerprint density at radius 1 is 0.784 bits per heavy atom. The highest BCUT2D eigenvalue weighted by molar-refractivity contribution is 5.94. The molecule has 0 unspecified atom stereocenters. The van der Waals surface area contributed by atoms with Crippen molar-refractivity contribution in [2.24, 2.45) is 0 Å². The summed E-state index contributed by atoms with van der Waals surface area (Å²) >= 11 is 0. The first-order chi connectivity index (χ1) is 24.7. The van der Waals surface area contributed by atoms with E-state index in [-0.39, 0.29) is 18.7 Å². The minimum absolute atomic E-state index is 0.0376. The molecule has 0 atom stereocenters. The van der Waals surface area contributed by atoms with Gasteiger partial charge >= 0.3 is 5.97 Å². The summed E-state index contributed by atoms with van der Waals surface area (Å²) in [6.07, 6.45) is 15.0. The van der Waals surface area contributed by atoms with E-state index in [1.165, 1.54) is 0 Å². The second kappa shape index (κ2) is 23.0. The smallest absolute Gasteiger partial charge is 0.303 e. The molecule has 0 aliphatic heterocycles. The maximum Gasteiger partial charge on any atom is 0.303 e. The van der Waals surface area contributed by atoms with Gasteiger partial charge in [0.1, 0.15) is 5.75 Å². The SMILES string of the molecule is C=C/C=C\C(=N)CN(Cc1cc(CN(CC(=N)/C=C\C=C)Cc2ccccn2)cc(OCCCCNC(=O)CCC(=O)O)c1)Cc1ccccn1. The van der Waals surface area contributed by atoms with E-state index in [1.54, 1.807) is 48.8 Å². The van der Waals surface area contributed by atoms with Crippen LogP contribution in [-0.2, 0) is 35.8 Å². The van der Waals surface area contributed by atoms with Crippen LogP contribution in [0.15, 0.2) is 117 Å². The first kappa shape index (κ1) is 39.9. The van der Waals surface area contributed by atoms with E-state index < -0.39 is 5.97 Å². The average Bonchev–Trinajstić information content (AvgIpc) is 3.11. The number of benzene rings is 1. The highest BCUT2D eigenvalue weighted by atomic mass is 16.5. The molecule has 0 aliphatic rings. The lowest BCUT2D eigenvalue weighted by atomic mass is 10.1. The quantitative estimate of drug-likeness (QED) is 0.0469. The van der Waals surface area contributed by atoms with Gasteiger partial charge in [-0.05, 0) is 72.5 Å². The van der Waals surface area contributed by atoms with Crippen LogP contribution in [0.2, 0.25) is 0 Å². The summed E-state index contributed by atoms with van der Waals surface area (Å²) in [5, 5.41) is 28.6. The predicted molar refractivity (Wildman–Crippen MR) is 202 cm³/mol. The number of unbranched alkanes of at least 4 members (excludes halogenated alkanes) is 1. The fourth-order valence-corrected chi connectivity index (χ4v) is 5.20. The minimum atomic E-state index is -0.995. The molecule has 11 nitrogen and oxygen atoms in total. The van der Waals surface area contributed by atoms with E-state index in [0.29, 0.717) is 82.4 Å². The number of allylic oxidation sites excluding steroid dienone is 4. The summed E-state index contributed by atoms with van der Waals surface area (Å²) in [6.45, 7) is 11.3. The van der Waals surface area contributed by atoms with Crippen LogP contribution in [0.5, 0.6) is 5.75 Å². The molecule has 0 saturated heterocycles. The zero-order valence-corrected chi connectivity index (χ0v) is 29.2. The van der Waals surface area contributed by atoms with E-state index in [1.807, 2.05) is 48.5 Å². The standard InChI is InChI=1S/C40H49N7O4/c1-3-5-13-34(41)28-46(30-36-15-7-9-19-43-36)26-32-23-33(25-38(24-32)51-22-12-11-21-45-39(48)17-18-40(49)50)27-47(29-35(42)14-6-4-2)31-37-16-8-10-20-44-37/h3-10,13-16,19-20,23-25,41-42H,1-2,11-12,17-18,21-22,26-31H2,(H,45,48)(H,49,50)/b13-5-,14-6-,41-34?,42-35?. The lowest BCUT2D eigenvalue weighted by Gasteiger charge is -2.25. The van der Waals surface area contributed by atoms with E-state index in [4.69, 9.17) is 20.7 Å². The zero-order valence-electron chi connectivity index (χ0n) is 29.2. The van der Waals surface area contributed by atoms with Gasteiger partial charge < -0.3 is 26.0 Å². The van der Waals surface area contributed by atoms with Crippen LogP contribution in [0.25, 0.3) is 0 Å². The number of aromatic nitrogens is 2. The number of rotatable bonds is 25. The van der Waals surface area contributed by atoms with Crippen molar-refractivity contribution in [3.63, 3.8) is 0 Å². The molecule has 0 saturated carbocycles. The molecule has 1 aromatic carbocycles. The van der Waals surface area contributed by atoms with Crippen molar-refractivity contribution in [1.82, 2.24) is 25.1 Å². The highest BCUT2D eigenvalue weighted by Gasteiger charge is 2.15. The first-order valence-electron chi connectivity index (χ1n) is 17.0. The van der Waals surface area contributed by atoms with Gasteiger partial charge in [-0.25, -0.2) is 0 Å².